The molecule has 0 amide bonds. The van der Waals surface area contributed by atoms with E-state index in [2.05, 4.69) is 32.6 Å². The number of aryl methyl sites for hydroxylation is 1. The van der Waals surface area contributed by atoms with E-state index in [1.165, 1.54) is 10.6 Å². The second kappa shape index (κ2) is 10.9. The average Bonchev–Trinajstić information content (AvgIpc) is 3.37. The predicted octanol–water partition coefficient (Wildman–Crippen LogP) is 5.00. The second-order valence-electron chi connectivity index (χ2n) is 8.65. The predicted molar refractivity (Wildman–Crippen MR) is 144 cm³/mol. The van der Waals surface area contributed by atoms with Crippen molar-refractivity contribution in [2.75, 3.05) is 13.2 Å². The number of aromatic nitrogens is 4. The minimum atomic E-state index is -0.612. The van der Waals surface area contributed by atoms with Gasteiger partial charge < -0.3 is 24.9 Å². The van der Waals surface area contributed by atoms with Crippen LogP contribution in [0.5, 0.6) is 11.6 Å². The van der Waals surface area contributed by atoms with Gasteiger partial charge in [-0.3, -0.25) is 4.57 Å². The zero-order chi connectivity index (χ0) is 26.0. The molecule has 0 aliphatic carbocycles. The van der Waals surface area contributed by atoms with Crippen molar-refractivity contribution in [1.29, 1.82) is 0 Å². The van der Waals surface area contributed by atoms with Crippen molar-refractivity contribution < 1.29 is 19.3 Å². The normalized spacial score (nSPS) is 13.1. The molecule has 0 aliphatic rings. The number of halogens is 2. The summed E-state index contributed by atoms with van der Waals surface area (Å²) in [6.07, 6.45) is 0.709. The molecule has 4 aromatic rings. The summed E-state index contributed by atoms with van der Waals surface area (Å²) in [5.74, 6) is 0.355. The van der Waals surface area contributed by atoms with Crippen LogP contribution < -0.4 is 10.4 Å². The van der Waals surface area contributed by atoms with Gasteiger partial charge in [0.25, 0.3) is 0 Å². The fourth-order valence-electron chi connectivity index (χ4n) is 4.22. The highest BCUT2D eigenvalue weighted by Crippen LogP contribution is 2.36. The molecule has 2 aromatic carbocycles. The first-order chi connectivity index (χ1) is 17.2. The SMILES string of the molecule is CC[C@H](C)[C@@H](c1nc(-c2ccc(I)cc2F)c(C)[nH]1)n1c(O)c(-c2ccc(OCCO)cc2)[nH]c1=O. The largest absolute Gasteiger partial charge is 0.493 e. The van der Waals surface area contributed by atoms with Crippen molar-refractivity contribution in [3.8, 4) is 34.1 Å². The lowest BCUT2D eigenvalue weighted by atomic mass is 9.98. The van der Waals surface area contributed by atoms with Crippen LogP contribution >= 0.6 is 22.6 Å². The Balaban J connectivity index is 1.77. The van der Waals surface area contributed by atoms with E-state index >= 15 is 0 Å². The third-order valence-electron chi connectivity index (χ3n) is 6.24. The van der Waals surface area contributed by atoms with E-state index in [-0.39, 0.29) is 36.5 Å². The van der Waals surface area contributed by atoms with Crippen LogP contribution in [-0.2, 0) is 0 Å². The van der Waals surface area contributed by atoms with Gasteiger partial charge in [-0.15, -0.1) is 0 Å². The highest BCUT2D eigenvalue weighted by molar-refractivity contribution is 14.1. The molecular weight excluding hydrogens is 578 g/mol. The lowest BCUT2D eigenvalue weighted by molar-refractivity contribution is 0.201. The fraction of sp³-hybridized carbons (Fsp3) is 0.308. The minimum Gasteiger partial charge on any atom is -0.493 e. The van der Waals surface area contributed by atoms with Crippen LogP contribution in [0.1, 0.15) is 37.8 Å². The first-order valence-electron chi connectivity index (χ1n) is 11.6. The summed E-state index contributed by atoms with van der Waals surface area (Å²) in [6.45, 7) is 5.85. The van der Waals surface area contributed by atoms with Gasteiger partial charge >= 0.3 is 5.69 Å². The van der Waals surface area contributed by atoms with E-state index in [4.69, 9.17) is 14.8 Å². The maximum absolute atomic E-state index is 14.7. The number of aliphatic hydroxyl groups is 1. The Morgan fingerprint density at radius 3 is 2.56 bits per heavy atom. The van der Waals surface area contributed by atoms with Crippen molar-refractivity contribution in [1.82, 2.24) is 19.5 Å². The van der Waals surface area contributed by atoms with Gasteiger partial charge in [0.1, 0.15) is 35.7 Å². The van der Waals surface area contributed by atoms with Gasteiger partial charge in [-0.2, -0.15) is 0 Å². The number of nitrogens with one attached hydrogen (secondary N) is 2. The maximum Gasteiger partial charge on any atom is 0.329 e. The number of H-pyrrole nitrogens is 2. The van der Waals surface area contributed by atoms with E-state index in [0.29, 0.717) is 40.5 Å². The van der Waals surface area contributed by atoms with Gasteiger partial charge in [0.2, 0.25) is 5.88 Å². The number of rotatable bonds is 9. The maximum atomic E-state index is 14.7. The molecule has 2 heterocycles. The van der Waals surface area contributed by atoms with E-state index in [1.54, 1.807) is 30.3 Å². The molecule has 2 atom stereocenters. The van der Waals surface area contributed by atoms with E-state index < -0.39 is 11.7 Å². The number of nitrogens with zero attached hydrogens (tertiary/aromatic N) is 2. The van der Waals surface area contributed by atoms with E-state index in [1.807, 2.05) is 26.8 Å². The molecule has 0 saturated carbocycles. The zero-order valence-electron chi connectivity index (χ0n) is 20.2. The molecule has 0 unspecified atom stereocenters. The van der Waals surface area contributed by atoms with Crippen molar-refractivity contribution in [2.45, 2.75) is 33.2 Å². The Morgan fingerprint density at radius 2 is 1.92 bits per heavy atom. The smallest absolute Gasteiger partial charge is 0.329 e. The van der Waals surface area contributed by atoms with Gasteiger partial charge in [-0.05, 0) is 77.9 Å². The molecule has 8 nitrogen and oxygen atoms in total. The van der Waals surface area contributed by atoms with E-state index in [9.17, 15) is 14.3 Å². The van der Waals surface area contributed by atoms with Crippen LogP contribution in [0.25, 0.3) is 22.5 Å². The number of aliphatic hydroxyl groups excluding tert-OH is 1. The van der Waals surface area contributed by atoms with Crippen molar-refractivity contribution in [3.05, 3.63) is 73.9 Å². The van der Waals surface area contributed by atoms with Gasteiger partial charge in [0.15, 0.2) is 0 Å². The zero-order valence-corrected chi connectivity index (χ0v) is 22.3. The Morgan fingerprint density at radius 1 is 1.19 bits per heavy atom. The summed E-state index contributed by atoms with van der Waals surface area (Å²) in [7, 11) is 0. The van der Waals surface area contributed by atoms with Crippen molar-refractivity contribution in [2.24, 2.45) is 5.92 Å². The summed E-state index contributed by atoms with van der Waals surface area (Å²) < 4.78 is 22.2. The summed E-state index contributed by atoms with van der Waals surface area (Å²) in [4.78, 5) is 23.8. The number of hydrogen-bond acceptors (Lipinski definition) is 5. The Labute approximate surface area is 221 Å². The third kappa shape index (κ3) is 5.05. The molecule has 4 rings (SSSR count). The first-order valence-corrected chi connectivity index (χ1v) is 12.7. The van der Waals surface area contributed by atoms with Crippen LogP contribution in [0.4, 0.5) is 4.39 Å². The molecular formula is C26H28FIN4O4. The third-order valence-corrected chi connectivity index (χ3v) is 6.91. The van der Waals surface area contributed by atoms with Crippen LogP contribution in [-0.4, -0.2) is 42.9 Å². The highest BCUT2D eigenvalue weighted by Gasteiger charge is 2.30. The molecule has 190 valence electrons. The van der Waals surface area contributed by atoms with Crippen molar-refractivity contribution in [3.63, 3.8) is 0 Å². The van der Waals surface area contributed by atoms with Crippen LogP contribution in [0.15, 0.2) is 47.3 Å². The monoisotopic (exact) mass is 606 g/mol. The standard InChI is InChI=1S/C26H28FIN4O4/c1-4-14(2)23(24-29-15(3)21(30-24)19-10-7-17(28)13-20(19)27)32-25(34)22(31-26(32)35)16-5-8-18(9-6-16)36-12-11-33/h5-10,13-14,23,33-34H,4,11-12H2,1-3H3,(H,29,30)(H,31,35)/t14-,23-/m0/s1. The Kier molecular flexibility index (Phi) is 7.84. The lowest BCUT2D eigenvalue weighted by Crippen LogP contribution is -2.28. The fourth-order valence-corrected chi connectivity index (χ4v) is 4.67. The van der Waals surface area contributed by atoms with Gasteiger partial charge in [-0.1, -0.05) is 20.3 Å². The number of aromatic hydroxyl groups is 1. The molecule has 4 N–H and O–H groups in total. The Bertz CT molecular complexity index is 1410. The molecule has 10 heteroatoms. The number of hydrogen-bond donors (Lipinski definition) is 4. The average molecular weight is 606 g/mol. The molecule has 0 saturated heterocycles. The number of ether oxygens (including phenoxy) is 1. The molecule has 0 fully saturated rings. The van der Waals surface area contributed by atoms with Crippen LogP contribution in [0.2, 0.25) is 0 Å². The molecule has 0 aliphatic heterocycles. The summed E-state index contributed by atoms with van der Waals surface area (Å²) >= 11 is 2.05. The molecule has 2 aromatic heterocycles. The molecule has 0 radical (unpaired) electrons. The number of benzene rings is 2. The minimum absolute atomic E-state index is 0.0773. The number of aromatic amines is 2. The second-order valence-corrected chi connectivity index (χ2v) is 9.89. The topological polar surface area (TPSA) is 116 Å². The summed E-state index contributed by atoms with van der Waals surface area (Å²) in [5, 5.41) is 20.1. The first kappa shape index (κ1) is 26.0. The van der Waals surface area contributed by atoms with Crippen molar-refractivity contribution >= 4 is 22.6 Å². The molecule has 36 heavy (non-hydrogen) atoms. The lowest BCUT2D eigenvalue weighted by Gasteiger charge is -2.22. The molecule has 0 bridgehead atoms. The van der Waals surface area contributed by atoms with Crippen LogP contribution in [0.3, 0.4) is 0 Å². The van der Waals surface area contributed by atoms with Gasteiger partial charge in [0, 0.05) is 20.4 Å². The Hall–Kier alpha value is -3.12. The molecule has 0 spiro atoms. The van der Waals surface area contributed by atoms with Gasteiger partial charge in [0.05, 0.1) is 12.3 Å². The van der Waals surface area contributed by atoms with E-state index in [0.717, 1.165) is 3.57 Å². The van der Waals surface area contributed by atoms with Crippen LogP contribution in [0, 0.1) is 22.2 Å². The number of imidazole rings is 2. The summed E-state index contributed by atoms with van der Waals surface area (Å²) in [6, 6.07) is 11.2. The highest BCUT2D eigenvalue weighted by atomic mass is 127. The quantitative estimate of drug-likeness (QED) is 0.200. The summed E-state index contributed by atoms with van der Waals surface area (Å²) in [5.41, 5.74) is 1.89. The van der Waals surface area contributed by atoms with Gasteiger partial charge in [-0.25, -0.2) is 14.2 Å².